The number of ether oxygens (including phenoxy) is 3. The zero-order valence-corrected chi connectivity index (χ0v) is 18.5. The van der Waals surface area contributed by atoms with Crippen molar-refractivity contribution in [2.75, 3.05) is 21.3 Å². The monoisotopic (exact) mass is 466 g/mol. The number of hydrogen-bond donors (Lipinski definition) is 1. The Balaban J connectivity index is 0.000000451. The summed E-state index contributed by atoms with van der Waals surface area (Å²) >= 11 is 0. The summed E-state index contributed by atoms with van der Waals surface area (Å²) in [5.74, 6) is -0.165. The quantitative estimate of drug-likeness (QED) is 0.555. The molecule has 0 spiro atoms. The second kappa shape index (κ2) is 11.4. The number of benzene rings is 3. The molecule has 0 aliphatic rings. The normalized spacial score (nSPS) is 10.7. The molecule has 0 unspecified atom stereocenters. The minimum Gasteiger partial charge on any atom is -0.497 e. The second-order valence-corrected chi connectivity index (χ2v) is 8.45. The van der Waals surface area contributed by atoms with Crippen molar-refractivity contribution >= 4 is 29.8 Å². The van der Waals surface area contributed by atoms with Crippen LogP contribution in [-0.2, 0) is 4.79 Å². The van der Waals surface area contributed by atoms with E-state index in [1.807, 2.05) is 36.4 Å². The number of carboxylic acids is 1. The molecule has 0 fully saturated rings. The Bertz CT molecular complexity index is 875. The van der Waals surface area contributed by atoms with E-state index in [9.17, 15) is 13.2 Å². The van der Waals surface area contributed by atoms with Gasteiger partial charge in [0.2, 0.25) is 0 Å². The first-order valence-electron chi connectivity index (χ1n) is 9.22. The van der Waals surface area contributed by atoms with Crippen LogP contribution in [0.4, 0.5) is 13.2 Å². The Hall–Kier alpha value is -3.25. The number of alkyl halides is 3. The third-order valence-electron chi connectivity index (χ3n) is 4.23. The van der Waals surface area contributed by atoms with Crippen LogP contribution in [0.25, 0.3) is 0 Å². The summed E-state index contributed by atoms with van der Waals surface area (Å²) in [6, 6.07) is 24.9. The lowest BCUT2D eigenvalue weighted by atomic mass is 10.3. The number of halogens is 3. The highest BCUT2D eigenvalue weighted by atomic mass is 31.1. The van der Waals surface area contributed by atoms with Gasteiger partial charge >= 0.3 is 12.1 Å². The van der Waals surface area contributed by atoms with Crippen molar-refractivity contribution in [1.29, 1.82) is 0 Å². The fourth-order valence-corrected chi connectivity index (χ4v) is 4.88. The molecule has 0 aliphatic carbocycles. The van der Waals surface area contributed by atoms with Gasteiger partial charge in [0.05, 0.1) is 21.3 Å². The van der Waals surface area contributed by atoms with Gasteiger partial charge in [0, 0.05) is 0 Å². The van der Waals surface area contributed by atoms with Crippen LogP contribution >= 0.6 is 7.92 Å². The zero-order chi connectivity index (χ0) is 23.7. The molecular formula is C23H22F3O5P. The molecule has 0 radical (unpaired) electrons. The third-order valence-corrected chi connectivity index (χ3v) is 6.68. The van der Waals surface area contributed by atoms with Crippen LogP contribution in [0.2, 0.25) is 0 Å². The van der Waals surface area contributed by atoms with Gasteiger partial charge in [0.1, 0.15) is 17.2 Å². The molecule has 3 aromatic rings. The van der Waals surface area contributed by atoms with Crippen LogP contribution in [0.3, 0.4) is 0 Å². The highest BCUT2D eigenvalue weighted by Crippen LogP contribution is 2.34. The van der Waals surface area contributed by atoms with Crippen LogP contribution in [0, 0.1) is 0 Å². The predicted molar refractivity (Wildman–Crippen MR) is 118 cm³/mol. The Morgan fingerprint density at radius 2 is 0.875 bits per heavy atom. The van der Waals surface area contributed by atoms with Crippen LogP contribution in [0.1, 0.15) is 0 Å². The first kappa shape index (κ1) is 25.0. The van der Waals surface area contributed by atoms with E-state index in [2.05, 4.69) is 36.4 Å². The maximum absolute atomic E-state index is 10.6. The molecule has 1 N–H and O–H groups in total. The molecule has 0 atom stereocenters. The number of aliphatic carboxylic acids is 1. The van der Waals surface area contributed by atoms with Gasteiger partial charge in [0.15, 0.2) is 0 Å². The number of carbonyl (C=O) groups is 1. The summed E-state index contributed by atoms with van der Waals surface area (Å²) in [6.07, 6.45) is -5.08. The number of carboxylic acid groups (broad SMARTS) is 1. The first-order chi connectivity index (χ1) is 15.2. The standard InChI is InChI=1S/C21H21O3P.C2HF3O2/c1-22-16-4-10-19(11-5-16)25(20-12-6-17(23-2)7-13-20)21-14-8-18(24-3)9-15-21;3-2(4,5)1(6)7/h4-15H,1-3H3;(H,6,7). The van der Waals surface area contributed by atoms with Crippen LogP contribution in [0.5, 0.6) is 17.2 Å². The van der Waals surface area contributed by atoms with Crippen LogP contribution in [-0.4, -0.2) is 38.6 Å². The molecule has 170 valence electrons. The van der Waals surface area contributed by atoms with E-state index >= 15 is 0 Å². The van der Waals surface area contributed by atoms with Crippen LogP contribution < -0.4 is 30.1 Å². The number of hydrogen-bond acceptors (Lipinski definition) is 4. The smallest absolute Gasteiger partial charge is 0.490 e. The van der Waals surface area contributed by atoms with Gasteiger partial charge in [-0.1, -0.05) is 36.4 Å². The van der Waals surface area contributed by atoms with Crippen molar-refractivity contribution in [3.05, 3.63) is 72.8 Å². The van der Waals surface area contributed by atoms with Crippen molar-refractivity contribution in [3.8, 4) is 17.2 Å². The lowest BCUT2D eigenvalue weighted by molar-refractivity contribution is -0.192. The summed E-state index contributed by atoms with van der Waals surface area (Å²) in [4.78, 5) is 8.90. The molecule has 9 heteroatoms. The zero-order valence-electron chi connectivity index (χ0n) is 17.6. The van der Waals surface area contributed by atoms with Gasteiger partial charge in [-0.2, -0.15) is 13.2 Å². The van der Waals surface area contributed by atoms with E-state index < -0.39 is 20.1 Å². The lowest BCUT2D eigenvalue weighted by Crippen LogP contribution is -2.21. The fourth-order valence-electron chi connectivity index (χ4n) is 2.64. The second-order valence-electron chi connectivity index (χ2n) is 6.23. The summed E-state index contributed by atoms with van der Waals surface area (Å²) in [7, 11) is 4.39. The van der Waals surface area contributed by atoms with Crippen molar-refractivity contribution < 1.29 is 37.3 Å². The molecule has 0 saturated heterocycles. The first-order valence-corrected chi connectivity index (χ1v) is 10.6. The molecule has 0 bridgehead atoms. The van der Waals surface area contributed by atoms with Crippen LogP contribution in [0.15, 0.2) is 72.8 Å². The van der Waals surface area contributed by atoms with Crippen molar-refractivity contribution in [2.24, 2.45) is 0 Å². The van der Waals surface area contributed by atoms with Gasteiger partial charge in [-0.3, -0.25) is 0 Å². The Labute approximate surface area is 185 Å². The minimum atomic E-state index is -5.08. The van der Waals surface area contributed by atoms with E-state index in [4.69, 9.17) is 24.1 Å². The summed E-state index contributed by atoms with van der Waals surface area (Å²) < 4.78 is 47.6. The van der Waals surface area contributed by atoms with Crippen molar-refractivity contribution in [2.45, 2.75) is 6.18 Å². The van der Waals surface area contributed by atoms with Gasteiger partial charge in [-0.15, -0.1) is 0 Å². The number of rotatable bonds is 6. The third kappa shape index (κ3) is 6.89. The van der Waals surface area contributed by atoms with Gasteiger partial charge in [-0.05, 0) is 60.2 Å². The summed E-state index contributed by atoms with van der Waals surface area (Å²) in [5, 5.41) is 10.9. The average Bonchev–Trinajstić information content (AvgIpc) is 2.80. The van der Waals surface area contributed by atoms with Gasteiger partial charge < -0.3 is 19.3 Å². The van der Waals surface area contributed by atoms with E-state index in [0.29, 0.717) is 0 Å². The van der Waals surface area contributed by atoms with Crippen molar-refractivity contribution in [1.82, 2.24) is 0 Å². The highest BCUT2D eigenvalue weighted by molar-refractivity contribution is 7.79. The lowest BCUT2D eigenvalue weighted by Gasteiger charge is -2.20. The molecular weight excluding hydrogens is 444 g/mol. The molecule has 32 heavy (non-hydrogen) atoms. The van der Waals surface area contributed by atoms with E-state index in [-0.39, 0.29) is 0 Å². The summed E-state index contributed by atoms with van der Waals surface area (Å²) in [5.41, 5.74) is 0. The number of methoxy groups -OCH3 is 3. The molecule has 0 aromatic heterocycles. The molecule has 0 saturated carbocycles. The molecule has 3 rings (SSSR count). The van der Waals surface area contributed by atoms with Crippen molar-refractivity contribution in [3.63, 3.8) is 0 Å². The largest absolute Gasteiger partial charge is 0.497 e. The molecule has 3 aromatic carbocycles. The van der Waals surface area contributed by atoms with Gasteiger partial charge in [0.25, 0.3) is 0 Å². The minimum absolute atomic E-state index is 0.665. The fraction of sp³-hybridized carbons (Fsp3) is 0.174. The molecule has 0 heterocycles. The Morgan fingerprint density at radius 3 is 1.03 bits per heavy atom. The van der Waals surface area contributed by atoms with Gasteiger partial charge in [-0.25, -0.2) is 4.79 Å². The van der Waals surface area contributed by atoms with E-state index in [0.717, 1.165) is 17.2 Å². The van der Waals surface area contributed by atoms with E-state index in [1.165, 1.54) is 15.9 Å². The predicted octanol–water partition coefficient (Wildman–Crippen LogP) is 4.10. The molecule has 0 aliphatic heterocycles. The average molecular weight is 466 g/mol. The Kier molecular flexibility index (Phi) is 8.91. The highest BCUT2D eigenvalue weighted by Gasteiger charge is 2.38. The maximum Gasteiger partial charge on any atom is 0.490 e. The SMILES string of the molecule is COc1ccc(P(c2ccc(OC)cc2)c2ccc(OC)cc2)cc1.O=C(O)C(F)(F)F. The topological polar surface area (TPSA) is 65.0 Å². The Morgan fingerprint density at radius 1 is 0.656 bits per heavy atom. The summed E-state index contributed by atoms with van der Waals surface area (Å²) in [6.45, 7) is 0. The van der Waals surface area contributed by atoms with E-state index in [1.54, 1.807) is 21.3 Å². The maximum atomic E-state index is 10.6. The molecule has 5 nitrogen and oxygen atoms in total. The molecule has 0 amide bonds.